The first-order valence-corrected chi connectivity index (χ1v) is 6.59. The van der Waals surface area contributed by atoms with Crippen LogP contribution in [0.2, 0.25) is 0 Å². The van der Waals surface area contributed by atoms with Crippen LogP contribution in [0.15, 0.2) is 0 Å². The van der Waals surface area contributed by atoms with Crippen molar-refractivity contribution in [1.29, 1.82) is 0 Å². The lowest BCUT2D eigenvalue weighted by molar-refractivity contribution is -0.0221. The third-order valence-electron chi connectivity index (χ3n) is 3.57. The van der Waals surface area contributed by atoms with Gasteiger partial charge in [0, 0.05) is 6.61 Å². The first-order chi connectivity index (χ1) is 7.27. The molecular formula is C13H27NO. The highest BCUT2D eigenvalue weighted by atomic mass is 16.5. The zero-order valence-corrected chi connectivity index (χ0v) is 10.4. The van der Waals surface area contributed by atoms with Crippen molar-refractivity contribution in [3.63, 3.8) is 0 Å². The fraction of sp³-hybridized carbons (Fsp3) is 1.00. The molecule has 1 aliphatic carbocycles. The Bertz CT molecular complexity index is 161. The van der Waals surface area contributed by atoms with Gasteiger partial charge >= 0.3 is 0 Å². The lowest BCUT2D eigenvalue weighted by Gasteiger charge is -2.34. The second kappa shape index (κ2) is 7.24. The molecule has 90 valence electrons. The molecule has 0 radical (unpaired) electrons. The van der Waals surface area contributed by atoms with Crippen LogP contribution in [0.25, 0.3) is 0 Å². The molecule has 3 unspecified atom stereocenters. The summed E-state index contributed by atoms with van der Waals surface area (Å²) in [6.07, 6.45) is 8.01. The van der Waals surface area contributed by atoms with E-state index in [-0.39, 0.29) is 0 Å². The van der Waals surface area contributed by atoms with E-state index in [1.165, 1.54) is 38.5 Å². The predicted octanol–water partition coefficient (Wildman–Crippen LogP) is 2.96. The summed E-state index contributed by atoms with van der Waals surface area (Å²) in [6.45, 7) is 6.29. The molecule has 1 fully saturated rings. The van der Waals surface area contributed by atoms with Gasteiger partial charge in [-0.05, 0) is 37.6 Å². The molecule has 0 heterocycles. The minimum absolute atomic E-state index is 0.440. The predicted molar refractivity (Wildman–Crippen MR) is 64.8 cm³/mol. The van der Waals surface area contributed by atoms with Crippen LogP contribution in [0.3, 0.4) is 0 Å². The Morgan fingerprint density at radius 2 is 2.07 bits per heavy atom. The van der Waals surface area contributed by atoms with Crippen molar-refractivity contribution < 1.29 is 4.74 Å². The summed E-state index contributed by atoms with van der Waals surface area (Å²) in [6, 6.07) is 0. The van der Waals surface area contributed by atoms with Crippen molar-refractivity contribution in [1.82, 2.24) is 0 Å². The van der Waals surface area contributed by atoms with E-state index in [1.54, 1.807) is 0 Å². The van der Waals surface area contributed by atoms with Gasteiger partial charge in [0.15, 0.2) is 0 Å². The summed E-state index contributed by atoms with van der Waals surface area (Å²) in [5, 5.41) is 0. The fourth-order valence-electron chi connectivity index (χ4n) is 2.45. The lowest BCUT2D eigenvalue weighted by Crippen LogP contribution is -2.36. The van der Waals surface area contributed by atoms with Gasteiger partial charge in [-0.15, -0.1) is 0 Å². The Kier molecular flexibility index (Phi) is 6.26. The molecule has 0 aromatic carbocycles. The van der Waals surface area contributed by atoms with Crippen molar-refractivity contribution in [3.05, 3.63) is 0 Å². The number of ether oxygens (including phenoxy) is 1. The number of rotatable bonds is 6. The maximum Gasteiger partial charge on any atom is 0.0617 e. The van der Waals surface area contributed by atoms with Crippen LogP contribution in [0.1, 0.15) is 52.4 Å². The second-order valence-corrected chi connectivity index (χ2v) is 5.03. The highest BCUT2D eigenvalue weighted by Crippen LogP contribution is 2.30. The highest BCUT2D eigenvalue weighted by molar-refractivity contribution is 4.79. The molecule has 0 aromatic rings. The molecule has 0 bridgehead atoms. The van der Waals surface area contributed by atoms with Crippen molar-refractivity contribution >= 4 is 0 Å². The minimum atomic E-state index is 0.440. The summed E-state index contributed by atoms with van der Waals surface area (Å²) in [5.74, 6) is 1.44. The van der Waals surface area contributed by atoms with Crippen LogP contribution in [-0.4, -0.2) is 19.3 Å². The summed E-state index contributed by atoms with van der Waals surface area (Å²) in [7, 11) is 0. The van der Waals surface area contributed by atoms with Gasteiger partial charge in [-0.2, -0.15) is 0 Å². The summed E-state index contributed by atoms with van der Waals surface area (Å²) in [4.78, 5) is 0. The maximum absolute atomic E-state index is 5.98. The molecule has 1 aliphatic rings. The quantitative estimate of drug-likeness (QED) is 0.688. The first kappa shape index (κ1) is 13.0. The molecule has 3 atom stereocenters. The summed E-state index contributed by atoms with van der Waals surface area (Å²) >= 11 is 0. The van der Waals surface area contributed by atoms with E-state index >= 15 is 0 Å². The SMILES string of the molecule is CCCCCOC1CC(C)CCC1CN. The molecule has 0 aliphatic heterocycles. The average Bonchev–Trinajstić information content (AvgIpc) is 2.25. The first-order valence-electron chi connectivity index (χ1n) is 6.59. The Balaban J connectivity index is 2.22. The standard InChI is InChI=1S/C13H27NO/c1-3-4-5-8-15-13-9-11(2)6-7-12(13)10-14/h11-13H,3-10,14H2,1-2H3. The molecule has 2 nitrogen and oxygen atoms in total. The van der Waals surface area contributed by atoms with Gasteiger partial charge in [0.05, 0.1) is 6.10 Å². The molecule has 1 saturated carbocycles. The van der Waals surface area contributed by atoms with E-state index in [1.807, 2.05) is 0 Å². The van der Waals surface area contributed by atoms with Crippen molar-refractivity contribution in [2.75, 3.05) is 13.2 Å². The van der Waals surface area contributed by atoms with Gasteiger partial charge < -0.3 is 10.5 Å². The molecule has 0 amide bonds. The van der Waals surface area contributed by atoms with E-state index in [2.05, 4.69) is 13.8 Å². The van der Waals surface area contributed by atoms with Crippen molar-refractivity contribution in [2.24, 2.45) is 17.6 Å². The Morgan fingerprint density at radius 1 is 1.27 bits per heavy atom. The lowest BCUT2D eigenvalue weighted by atomic mass is 9.80. The topological polar surface area (TPSA) is 35.2 Å². The van der Waals surface area contributed by atoms with Crippen molar-refractivity contribution in [2.45, 2.75) is 58.5 Å². The second-order valence-electron chi connectivity index (χ2n) is 5.03. The molecule has 1 rings (SSSR count). The zero-order valence-electron chi connectivity index (χ0n) is 10.4. The average molecular weight is 213 g/mol. The van der Waals surface area contributed by atoms with E-state index in [0.29, 0.717) is 12.0 Å². The number of nitrogens with two attached hydrogens (primary N) is 1. The summed E-state index contributed by atoms with van der Waals surface area (Å²) < 4.78 is 5.98. The monoisotopic (exact) mass is 213 g/mol. The third-order valence-corrected chi connectivity index (χ3v) is 3.57. The van der Waals surface area contributed by atoms with Crippen LogP contribution in [0.4, 0.5) is 0 Å². The number of hydrogen-bond donors (Lipinski definition) is 1. The number of hydrogen-bond acceptors (Lipinski definition) is 2. The van der Waals surface area contributed by atoms with Crippen LogP contribution in [0.5, 0.6) is 0 Å². The molecule has 0 aromatic heterocycles. The minimum Gasteiger partial charge on any atom is -0.378 e. The molecule has 0 saturated heterocycles. The smallest absolute Gasteiger partial charge is 0.0617 e. The molecule has 15 heavy (non-hydrogen) atoms. The van der Waals surface area contributed by atoms with Crippen LogP contribution in [-0.2, 0) is 4.74 Å². The number of unbranched alkanes of at least 4 members (excludes halogenated alkanes) is 2. The van der Waals surface area contributed by atoms with E-state index in [4.69, 9.17) is 10.5 Å². The maximum atomic E-state index is 5.98. The zero-order chi connectivity index (χ0) is 11.1. The van der Waals surface area contributed by atoms with Gasteiger partial charge in [-0.25, -0.2) is 0 Å². The van der Waals surface area contributed by atoms with Gasteiger partial charge in [0.1, 0.15) is 0 Å². The largest absolute Gasteiger partial charge is 0.378 e. The Morgan fingerprint density at radius 3 is 2.73 bits per heavy atom. The molecule has 2 N–H and O–H groups in total. The third kappa shape index (κ3) is 4.52. The normalized spacial score (nSPS) is 31.8. The van der Waals surface area contributed by atoms with Gasteiger partial charge in [0.25, 0.3) is 0 Å². The molecular weight excluding hydrogens is 186 g/mol. The van der Waals surface area contributed by atoms with Crippen molar-refractivity contribution in [3.8, 4) is 0 Å². The van der Waals surface area contributed by atoms with Gasteiger partial charge in [-0.1, -0.05) is 33.1 Å². The summed E-state index contributed by atoms with van der Waals surface area (Å²) in [5.41, 5.74) is 5.79. The molecule has 0 spiro atoms. The van der Waals surface area contributed by atoms with Gasteiger partial charge in [0.2, 0.25) is 0 Å². The van der Waals surface area contributed by atoms with Gasteiger partial charge in [-0.3, -0.25) is 0 Å². The Labute approximate surface area is 94.6 Å². The van der Waals surface area contributed by atoms with E-state index in [9.17, 15) is 0 Å². The molecule has 2 heteroatoms. The van der Waals surface area contributed by atoms with E-state index in [0.717, 1.165) is 19.1 Å². The fourth-order valence-corrected chi connectivity index (χ4v) is 2.45. The van der Waals surface area contributed by atoms with Crippen LogP contribution >= 0.6 is 0 Å². The Hall–Kier alpha value is -0.0800. The van der Waals surface area contributed by atoms with Crippen LogP contribution in [0, 0.1) is 11.8 Å². The van der Waals surface area contributed by atoms with Crippen LogP contribution < -0.4 is 5.73 Å². The highest BCUT2D eigenvalue weighted by Gasteiger charge is 2.27. The van der Waals surface area contributed by atoms with E-state index < -0.39 is 0 Å².